The molecule has 0 aliphatic carbocycles. The summed E-state index contributed by atoms with van der Waals surface area (Å²) < 4.78 is 2.28. The number of carbonyl (C=O) groups excluding carboxylic acids is 2. The summed E-state index contributed by atoms with van der Waals surface area (Å²) in [6.07, 6.45) is 3.12. The summed E-state index contributed by atoms with van der Waals surface area (Å²) in [4.78, 5) is 32.8. The molecule has 0 unspecified atom stereocenters. The third-order valence-electron chi connectivity index (χ3n) is 6.01. The second-order valence-electron chi connectivity index (χ2n) is 9.42. The van der Waals surface area contributed by atoms with Crippen LogP contribution in [0.4, 0.5) is 0 Å². The van der Waals surface area contributed by atoms with Gasteiger partial charge in [-0.3, -0.25) is 9.59 Å². The molecule has 1 aromatic heterocycles. The predicted molar refractivity (Wildman–Crippen MR) is 113 cm³/mol. The number of likely N-dealkylation sites (N-methyl/N-ethyl adjacent to an activating group) is 1. The molecule has 0 spiro atoms. The summed E-state index contributed by atoms with van der Waals surface area (Å²) in [5.74, 6) is 0.964. The molecule has 3 rings (SSSR count). The van der Waals surface area contributed by atoms with Crippen molar-refractivity contribution in [3.63, 3.8) is 0 Å². The topological polar surface area (TPSA) is 91.3 Å². The van der Waals surface area contributed by atoms with E-state index in [1.54, 1.807) is 7.05 Å². The van der Waals surface area contributed by atoms with E-state index in [1.807, 2.05) is 20.8 Å². The van der Waals surface area contributed by atoms with E-state index in [1.165, 1.54) is 0 Å². The van der Waals surface area contributed by atoms with Crippen molar-refractivity contribution in [3.8, 4) is 0 Å². The molecule has 2 aliphatic heterocycles. The average Bonchev–Trinajstić information content (AvgIpc) is 2.92. The molecule has 8 nitrogen and oxygen atoms in total. The van der Waals surface area contributed by atoms with E-state index in [0.29, 0.717) is 18.2 Å². The van der Waals surface area contributed by atoms with Gasteiger partial charge in [0, 0.05) is 26.1 Å². The Hall–Kier alpha value is -1.93. The van der Waals surface area contributed by atoms with E-state index in [9.17, 15) is 9.59 Å². The van der Waals surface area contributed by atoms with Crippen molar-refractivity contribution in [1.29, 1.82) is 0 Å². The highest BCUT2D eigenvalue weighted by Gasteiger charge is 2.35. The van der Waals surface area contributed by atoms with Gasteiger partial charge in [0.1, 0.15) is 11.9 Å². The fourth-order valence-corrected chi connectivity index (χ4v) is 4.34. The third kappa shape index (κ3) is 4.80. The summed E-state index contributed by atoms with van der Waals surface area (Å²) in [5, 5.41) is 9.04. The second-order valence-corrected chi connectivity index (χ2v) is 9.42. The highest BCUT2D eigenvalue weighted by atomic mass is 16.2. The molecule has 8 heteroatoms. The Morgan fingerprint density at radius 1 is 1.21 bits per heavy atom. The maximum Gasteiger partial charge on any atom is 0.272 e. The number of hydrogen-bond donors (Lipinski definition) is 3. The number of nitrogens with one attached hydrogen (secondary N) is 3. The number of aromatic nitrogens is 2. The van der Waals surface area contributed by atoms with Gasteiger partial charge in [-0.25, -0.2) is 4.98 Å². The van der Waals surface area contributed by atoms with Crippen molar-refractivity contribution >= 4 is 11.8 Å². The maximum atomic E-state index is 13.3. The van der Waals surface area contributed by atoms with Crippen molar-refractivity contribution in [2.24, 2.45) is 5.41 Å². The summed E-state index contributed by atoms with van der Waals surface area (Å²) in [5.41, 5.74) is 1.05. The van der Waals surface area contributed by atoms with Crippen LogP contribution in [0.15, 0.2) is 0 Å². The van der Waals surface area contributed by atoms with Gasteiger partial charge in [0.15, 0.2) is 5.69 Å². The van der Waals surface area contributed by atoms with Gasteiger partial charge < -0.3 is 25.4 Å². The molecular weight excluding hydrogens is 368 g/mol. The molecule has 2 aliphatic rings. The Morgan fingerprint density at radius 3 is 2.52 bits per heavy atom. The molecule has 3 heterocycles. The lowest BCUT2D eigenvalue weighted by atomic mass is 9.86. The van der Waals surface area contributed by atoms with Crippen LogP contribution in [0.25, 0.3) is 0 Å². The highest BCUT2D eigenvalue weighted by Crippen LogP contribution is 2.29. The standard InChI is InChI=1S/C21H36N6O2/c1-21(2,3)17(20(29)22-4)25-19(28)16-15-13-26(5)11-6-12-27(15)18(24-16)14-7-9-23-10-8-14/h14,17,23H,6-13H2,1-5H3,(H,22,29)(H,25,28)/t17-/m1/s1. The minimum atomic E-state index is -0.622. The minimum Gasteiger partial charge on any atom is -0.357 e. The van der Waals surface area contributed by atoms with E-state index in [4.69, 9.17) is 4.98 Å². The Labute approximate surface area is 173 Å². The quantitative estimate of drug-likeness (QED) is 0.698. The number of hydrogen-bond acceptors (Lipinski definition) is 5. The number of carbonyl (C=O) groups is 2. The van der Waals surface area contributed by atoms with Crippen LogP contribution in [0.2, 0.25) is 0 Å². The molecule has 0 aromatic carbocycles. The van der Waals surface area contributed by atoms with Gasteiger partial charge in [0.25, 0.3) is 5.91 Å². The summed E-state index contributed by atoms with van der Waals surface area (Å²) in [7, 11) is 3.68. The van der Waals surface area contributed by atoms with Crippen LogP contribution >= 0.6 is 0 Å². The number of fused-ring (bicyclic) bond motifs is 1. The fourth-order valence-electron chi connectivity index (χ4n) is 4.34. The van der Waals surface area contributed by atoms with Crippen LogP contribution in [0.5, 0.6) is 0 Å². The maximum absolute atomic E-state index is 13.3. The van der Waals surface area contributed by atoms with E-state index >= 15 is 0 Å². The van der Waals surface area contributed by atoms with Crippen molar-refractivity contribution < 1.29 is 9.59 Å². The van der Waals surface area contributed by atoms with Crippen LogP contribution < -0.4 is 16.0 Å². The number of rotatable bonds is 4. The van der Waals surface area contributed by atoms with Gasteiger partial charge in [0.05, 0.1) is 5.69 Å². The number of piperidine rings is 1. The molecule has 1 atom stereocenters. The summed E-state index contributed by atoms with van der Waals surface area (Å²) in [6.45, 7) is 10.4. The van der Waals surface area contributed by atoms with Crippen LogP contribution in [0.3, 0.4) is 0 Å². The van der Waals surface area contributed by atoms with Crippen molar-refractivity contribution in [2.45, 2.75) is 65.1 Å². The predicted octanol–water partition coefficient (Wildman–Crippen LogP) is 1.08. The van der Waals surface area contributed by atoms with Crippen LogP contribution in [0, 0.1) is 5.41 Å². The normalized spacial score (nSPS) is 19.9. The summed E-state index contributed by atoms with van der Waals surface area (Å²) >= 11 is 0. The van der Waals surface area contributed by atoms with Gasteiger partial charge in [-0.1, -0.05) is 20.8 Å². The first-order chi connectivity index (χ1) is 13.7. The van der Waals surface area contributed by atoms with E-state index in [2.05, 4.69) is 32.5 Å². The first kappa shape index (κ1) is 21.8. The van der Waals surface area contributed by atoms with Gasteiger partial charge in [-0.2, -0.15) is 0 Å². The van der Waals surface area contributed by atoms with Crippen molar-refractivity contribution in [3.05, 3.63) is 17.2 Å². The average molecular weight is 405 g/mol. The first-order valence-corrected chi connectivity index (χ1v) is 10.7. The SMILES string of the molecule is CNC(=O)[C@@H](NC(=O)c1nc(C2CCNCC2)n2c1CN(C)CCC2)C(C)(C)C. The second kappa shape index (κ2) is 8.83. The lowest BCUT2D eigenvalue weighted by Gasteiger charge is -2.29. The van der Waals surface area contributed by atoms with E-state index in [0.717, 1.165) is 57.0 Å². The number of imidazole rings is 1. The smallest absolute Gasteiger partial charge is 0.272 e. The number of amides is 2. The lowest BCUT2D eigenvalue weighted by Crippen LogP contribution is -2.53. The molecule has 0 radical (unpaired) electrons. The molecule has 1 fully saturated rings. The lowest BCUT2D eigenvalue weighted by molar-refractivity contribution is -0.124. The zero-order valence-electron chi connectivity index (χ0n) is 18.5. The first-order valence-electron chi connectivity index (χ1n) is 10.7. The Balaban J connectivity index is 1.96. The van der Waals surface area contributed by atoms with Crippen molar-refractivity contribution in [2.75, 3.05) is 33.7 Å². The van der Waals surface area contributed by atoms with Gasteiger partial charge in [-0.05, 0) is 51.4 Å². The molecular formula is C21H36N6O2. The molecule has 2 amide bonds. The third-order valence-corrected chi connectivity index (χ3v) is 6.01. The minimum absolute atomic E-state index is 0.188. The molecule has 162 valence electrons. The molecule has 1 saturated heterocycles. The zero-order chi connectivity index (χ0) is 21.2. The van der Waals surface area contributed by atoms with Gasteiger partial charge in [-0.15, -0.1) is 0 Å². The largest absolute Gasteiger partial charge is 0.357 e. The van der Waals surface area contributed by atoms with Crippen LogP contribution in [0.1, 0.15) is 68.0 Å². The number of nitrogens with zero attached hydrogens (tertiary/aromatic N) is 3. The van der Waals surface area contributed by atoms with Gasteiger partial charge in [0.2, 0.25) is 5.91 Å². The molecule has 1 aromatic rings. The fraction of sp³-hybridized carbons (Fsp3) is 0.762. The molecule has 29 heavy (non-hydrogen) atoms. The Morgan fingerprint density at radius 2 is 1.90 bits per heavy atom. The zero-order valence-corrected chi connectivity index (χ0v) is 18.5. The Bertz CT molecular complexity index is 745. The van der Waals surface area contributed by atoms with Crippen LogP contribution in [-0.2, 0) is 17.9 Å². The van der Waals surface area contributed by atoms with Crippen LogP contribution in [-0.4, -0.2) is 66.0 Å². The summed E-state index contributed by atoms with van der Waals surface area (Å²) in [6, 6.07) is -0.622. The molecule has 3 N–H and O–H groups in total. The highest BCUT2D eigenvalue weighted by molar-refractivity contribution is 5.97. The van der Waals surface area contributed by atoms with Crippen molar-refractivity contribution in [1.82, 2.24) is 30.4 Å². The van der Waals surface area contributed by atoms with E-state index < -0.39 is 11.5 Å². The van der Waals surface area contributed by atoms with Gasteiger partial charge >= 0.3 is 0 Å². The van der Waals surface area contributed by atoms with E-state index in [-0.39, 0.29) is 11.8 Å². The molecule has 0 saturated carbocycles. The molecule has 0 bridgehead atoms. The Kier molecular flexibility index (Phi) is 6.63. The monoisotopic (exact) mass is 404 g/mol.